The molecule has 0 spiro atoms. The molecule has 0 aromatic carbocycles. The molecule has 102 valence electrons. The van der Waals surface area contributed by atoms with Crippen LogP contribution in [0.3, 0.4) is 0 Å². The van der Waals surface area contributed by atoms with Gasteiger partial charge >= 0.3 is 0 Å². The van der Waals surface area contributed by atoms with Gasteiger partial charge in [0.15, 0.2) is 0 Å². The molecule has 1 aromatic heterocycles. The van der Waals surface area contributed by atoms with Crippen LogP contribution in [0.2, 0.25) is 10.2 Å². The lowest BCUT2D eigenvalue weighted by Crippen LogP contribution is -2.30. The molecule has 0 N–H and O–H groups in total. The van der Waals surface area contributed by atoms with E-state index >= 15 is 0 Å². The molecular formula is C10H14Cl2N2O3S. The summed E-state index contributed by atoms with van der Waals surface area (Å²) in [5.41, 5.74) is 0. The minimum atomic E-state index is -3.61. The molecule has 0 aliphatic carbocycles. The second kappa shape index (κ2) is 6.68. The van der Waals surface area contributed by atoms with E-state index in [9.17, 15) is 8.42 Å². The molecule has 18 heavy (non-hydrogen) atoms. The minimum Gasteiger partial charge on any atom is -0.380 e. The Morgan fingerprint density at radius 1 is 1.44 bits per heavy atom. The predicted octanol–water partition coefficient (Wildman–Crippen LogP) is 2.05. The summed E-state index contributed by atoms with van der Waals surface area (Å²) in [6.45, 7) is 2.98. The van der Waals surface area contributed by atoms with E-state index in [4.69, 9.17) is 27.9 Å². The molecule has 0 radical (unpaired) electrons. The van der Waals surface area contributed by atoms with Gasteiger partial charge in [-0.15, -0.1) is 0 Å². The average molecular weight is 313 g/mol. The van der Waals surface area contributed by atoms with Gasteiger partial charge in [-0.3, -0.25) is 0 Å². The van der Waals surface area contributed by atoms with Crippen LogP contribution in [-0.2, 0) is 14.8 Å². The van der Waals surface area contributed by atoms with Crippen LogP contribution in [0, 0.1) is 0 Å². The molecular weight excluding hydrogens is 299 g/mol. The second-order valence-corrected chi connectivity index (χ2v) is 6.28. The fraction of sp³-hybridized carbons (Fsp3) is 0.500. The van der Waals surface area contributed by atoms with Gasteiger partial charge in [-0.05, 0) is 13.0 Å². The van der Waals surface area contributed by atoms with Crippen molar-refractivity contribution in [3.8, 4) is 0 Å². The van der Waals surface area contributed by atoms with Crippen LogP contribution in [0.1, 0.15) is 6.92 Å². The van der Waals surface area contributed by atoms with E-state index in [0.29, 0.717) is 13.2 Å². The Morgan fingerprint density at radius 3 is 2.67 bits per heavy atom. The van der Waals surface area contributed by atoms with Crippen LogP contribution in [0.5, 0.6) is 0 Å². The van der Waals surface area contributed by atoms with Gasteiger partial charge in [0, 0.05) is 26.4 Å². The van der Waals surface area contributed by atoms with Crippen molar-refractivity contribution in [3.63, 3.8) is 0 Å². The molecule has 0 bridgehead atoms. The summed E-state index contributed by atoms with van der Waals surface area (Å²) in [5.74, 6) is 0. The Morgan fingerprint density at radius 2 is 2.11 bits per heavy atom. The maximum Gasteiger partial charge on any atom is 0.244 e. The fourth-order valence-corrected chi connectivity index (χ4v) is 2.64. The third kappa shape index (κ3) is 3.80. The number of likely N-dealkylation sites (N-methyl/N-ethyl adjacent to an activating group) is 1. The third-order valence-corrected chi connectivity index (χ3v) is 4.74. The summed E-state index contributed by atoms with van der Waals surface area (Å²) in [5, 5.41) is 0.184. The number of sulfonamides is 1. The zero-order valence-corrected chi connectivity index (χ0v) is 12.4. The van der Waals surface area contributed by atoms with Crippen molar-refractivity contribution in [2.24, 2.45) is 0 Å². The number of hydrogen-bond donors (Lipinski definition) is 0. The summed E-state index contributed by atoms with van der Waals surface area (Å²) in [4.78, 5) is 3.73. The maximum atomic E-state index is 12.1. The zero-order valence-electron chi connectivity index (χ0n) is 10.1. The monoisotopic (exact) mass is 312 g/mol. The van der Waals surface area contributed by atoms with Crippen molar-refractivity contribution in [2.45, 2.75) is 11.8 Å². The zero-order chi connectivity index (χ0) is 13.8. The number of nitrogens with zero attached hydrogens (tertiary/aromatic N) is 2. The number of aromatic nitrogens is 1. The molecule has 1 heterocycles. The highest BCUT2D eigenvalue weighted by atomic mass is 35.5. The van der Waals surface area contributed by atoms with Crippen molar-refractivity contribution >= 4 is 33.2 Å². The van der Waals surface area contributed by atoms with Crippen LogP contribution in [-0.4, -0.2) is 44.5 Å². The number of hydrogen-bond acceptors (Lipinski definition) is 4. The Balaban J connectivity index is 2.88. The van der Waals surface area contributed by atoms with Crippen molar-refractivity contribution in [2.75, 3.05) is 26.8 Å². The van der Waals surface area contributed by atoms with Crippen molar-refractivity contribution in [3.05, 3.63) is 22.4 Å². The topological polar surface area (TPSA) is 59.5 Å². The molecule has 0 atom stereocenters. The van der Waals surface area contributed by atoms with E-state index in [1.165, 1.54) is 23.6 Å². The highest BCUT2D eigenvalue weighted by Crippen LogP contribution is 2.23. The van der Waals surface area contributed by atoms with E-state index < -0.39 is 10.0 Å². The van der Waals surface area contributed by atoms with Gasteiger partial charge in [0.25, 0.3) is 0 Å². The standard InChI is InChI=1S/C10H14Cl2N2O3S/c1-3-17-5-4-14(2)18(15,16)8-6-9(11)10(12)13-7-8/h6-7H,3-5H2,1-2H3. The molecule has 0 unspecified atom stereocenters. The van der Waals surface area contributed by atoms with Crippen LogP contribution < -0.4 is 0 Å². The summed E-state index contributed by atoms with van der Waals surface area (Å²) >= 11 is 11.4. The number of rotatable bonds is 6. The minimum absolute atomic E-state index is 0.0101. The summed E-state index contributed by atoms with van der Waals surface area (Å²) in [6, 6.07) is 1.28. The van der Waals surface area contributed by atoms with Crippen molar-refractivity contribution in [1.29, 1.82) is 0 Å². The molecule has 0 amide bonds. The Bertz CT molecular complexity index is 508. The largest absolute Gasteiger partial charge is 0.380 e. The summed E-state index contributed by atoms with van der Waals surface area (Å²) < 4.78 is 30.5. The molecule has 1 rings (SSSR count). The van der Waals surface area contributed by atoms with Crippen molar-refractivity contribution < 1.29 is 13.2 Å². The SMILES string of the molecule is CCOCCN(C)S(=O)(=O)c1cnc(Cl)c(Cl)c1. The molecule has 1 aromatic rings. The molecule has 5 nitrogen and oxygen atoms in total. The molecule has 0 saturated heterocycles. The average Bonchev–Trinajstić information content (AvgIpc) is 2.32. The smallest absolute Gasteiger partial charge is 0.244 e. The van der Waals surface area contributed by atoms with Crippen molar-refractivity contribution in [1.82, 2.24) is 9.29 Å². The third-order valence-electron chi connectivity index (χ3n) is 2.23. The van der Waals surface area contributed by atoms with E-state index in [-0.39, 0.29) is 21.6 Å². The number of pyridine rings is 1. The Hall–Kier alpha value is -0.400. The lowest BCUT2D eigenvalue weighted by molar-refractivity contribution is 0.138. The van der Waals surface area contributed by atoms with Gasteiger partial charge < -0.3 is 4.74 Å². The first-order chi connectivity index (χ1) is 8.39. The molecule has 0 aliphatic rings. The van der Waals surface area contributed by atoms with E-state index in [2.05, 4.69) is 4.98 Å². The van der Waals surface area contributed by atoms with Crippen LogP contribution in [0.4, 0.5) is 0 Å². The molecule has 0 aliphatic heterocycles. The normalized spacial score (nSPS) is 12.1. The second-order valence-electron chi connectivity index (χ2n) is 3.47. The van der Waals surface area contributed by atoms with Crippen LogP contribution in [0.15, 0.2) is 17.2 Å². The van der Waals surface area contributed by atoms with Gasteiger partial charge in [-0.1, -0.05) is 23.2 Å². The van der Waals surface area contributed by atoms with Gasteiger partial charge in [0.05, 0.1) is 11.6 Å². The Labute approximate surface area is 117 Å². The van der Waals surface area contributed by atoms with Gasteiger partial charge in [-0.2, -0.15) is 4.31 Å². The highest BCUT2D eigenvalue weighted by Gasteiger charge is 2.21. The van der Waals surface area contributed by atoms with Crippen LogP contribution >= 0.6 is 23.2 Å². The first-order valence-electron chi connectivity index (χ1n) is 5.24. The van der Waals surface area contributed by atoms with Gasteiger partial charge in [0.2, 0.25) is 10.0 Å². The predicted molar refractivity (Wildman–Crippen MR) is 70.6 cm³/mol. The highest BCUT2D eigenvalue weighted by molar-refractivity contribution is 7.89. The maximum absolute atomic E-state index is 12.1. The van der Waals surface area contributed by atoms with Crippen LogP contribution in [0.25, 0.3) is 0 Å². The molecule has 0 saturated carbocycles. The lowest BCUT2D eigenvalue weighted by atomic mass is 10.5. The summed E-state index contributed by atoms with van der Waals surface area (Å²) in [6.07, 6.45) is 1.18. The first-order valence-corrected chi connectivity index (χ1v) is 7.44. The van der Waals surface area contributed by atoms with E-state index in [1.807, 2.05) is 6.92 Å². The summed E-state index contributed by atoms with van der Waals surface area (Å²) in [7, 11) is -2.14. The fourth-order valence-electron chi connectivity index (χ4n) is 1.18. The molecule has 0 fully saturated rings. The lowest BCUT2D eigenvalue weighted by Gasteiger charge is -2.16. The number of ether oxygens (including phenoxy) is 1. The number of halogens is 2. The van der Waals surface area contributed by atoms with E-state index in [1.54, 1.807) is 0 Å². The van der Waals surface area contributed by atoms with Gasteiger partial charge in [-0.25, -0.2) is 13.4 Å². The molecule has 8 heteroatoms. The quantitative estimate of drug-likeness (QED) is 0.596. The van der Waals surface area contributed by atoms with Gasteiger partial charge in [0.1, 0.15) is 10.0 Å². The first kappa shape index (κ1) is 15.7. The van der Waals surface area contributed by atoms with E-state index in [0.717, 1.165) is 0 Å². The Kier molecular flexibility index (Phi) is 5.81.